The van der Waals surface area contributed by atoms with Crippen LogP contribution in [0.1, 0.15) is 80.6 Å². The first kappa shape index (κ1) is 41.5. The number of aromatic nitrogens is 3. The highest BCUT2D eigenvalue weighted by atomic mass is 16.6. The lowest BCUT2D eigenvalue weighted by atomic mass is 9.62. The number of amides is 1. The Morgan fingerprint density at radius 2 is 1.94 bits per heavy atom. The Balaban J connectivity index is 1.65. The molecule has 3 rings (SSSR count). The molecule has 51 heavy (non-hydrogen) atoms. The fraction of sp³-hybridized carbons (Fsp3) is 0.676. The van der Waals surface area contributed by atoms with Crippen molar-refractivity contribution in [1.29, 1.82) is 5.26 Å². The smallest absolute Gasteiger partial charge is 0.410 e. The fourth-order valence-corrected chi connectivity index (χ4v) is 7.36. The third-order valence-corrected chi connectivity index (χ3v) is 10.9. The van der Waals surface area contributed by atoms with Crippen LogP contribution in [0.25, 0.3) is 11.3 Å². The summed E-state index contributed by atoms with van der Waals surface area (Å²) in [5.74, 6) is -4.86. The minimum Gasteiger partial charge on any atom is -0.481 e. The topological polar surface area (TPSA) is 186 Å². The van der Waals surface area contributed by atoms with E-state index in [9.17, 15) is 19.5 Å². The van der Waals surface area contributed by atoms with Gasteiger partial charge in [-0.2, -0.15) is 5.26 Å². The maximum atomic E-state index is 13.4. The van der Waals surface area contributed by atoms with Gasteiger partial charge in [-0.15, -0.1) is 5.10 Å². The Bertz CT molecular complexity index is 1530. The van der Waals surface area contributed by atoms with Gasteiger partial charge in [-0.25, -0.2) is 4.79 Å². The van der Waals surface area contributed by atoms with Crippen molar-refractivity contribution in [3.63, 3.8) is 0 Å². The summed E-state index contributed by atoms with van der Waals surface area (Å²) in [5.41, 5.74) is 6.60. The Hall–Kier alpha value is -3.96. The molecule has 1 aromatic heterocycles. The number of carboxylic acids is 1. The number of aliphatic carboxylic acids is 1. The summed E-state index contributed by atoms with van der Waals surface area (Å²) in [6, 6.07) is 8.96. The van der Waals surface area contributed by atoms with Crippen molar-refractivity contribution in [2.75, 3.05) is 25.9 Å². The number of ketones is 1. The zero-order valence-electron chi connectivity index (χ0n) is 31.5. The lowest BCUT2D eigenvalue weighted by Crippen LogP contribution is -2.58. The van der Waals surface area contributed by atoms with Crippen LogP contribution in [0, 0.1) is 35.0 Å². The van der Waals surface area contributed by atoms with Gasteiger partial charge in [0.05, 0.1) is 38.2 Å². The molecule has 1 aromatic carbocycles. The van der Waals surface area contributed by atoms with E-state index in [0.29, 0.717) is 31.7 Å². The van der Waals surface area contributed by atoms with Gasteiger partial charge in [0.2, 0.25) is 0 Å². The van der Waals surface area contributed by atoms with Crippen molar-refractivity contribution in [2.45, 2.75) is 116 Å². The quantitative estimate of drug-likeness (QED) is 0.0678. The summed E-state index contributed by atoms with van der Waals surface area (Å²) < 4.78 is 13.8. The van der Waals surface area contributed by atoms with E-state index in [1.165, 1.54) is 7.11 Å². The second-order valence-electron chi connectivity index (χ2n) is 14.7. The van der Waals surface area contributed by atoms with Crippen molar-refractivity contribution < 1.29 is 29.0 Å². The van der Waals surface area contributed by atoms with Crippen LogP contribution in [0.3, 0.4) is 0 Å². The Labute approximate surface area is 304 Å². The molecule has 1 aliphatic heterocycles. The Morgan fingerprint density at radius 3 is 2.55 bits per heavy atom. The molecule has 2 radical (unpaired) electrons. The molecule has 1 aliphatic rings. The molecule has 1 fully saturated rings. The van der Waals surface area contributed by atoms with Gasteiger partial charge in [0.25, 0.3) is 0 Å². The number of unbranched alkanes of at least 4 members (excludes halogenated alkanes) is 1. The molecule has 9 atom stereocenters. The molecular formula is C37H56BN7O6. The van der Waals surface area contributed by atoms with Gasteiger partial charge in [0.15, 0.2) is 5.78 Å². The van der Waals surface area contributed by atoms with E-state index in [1.54, 1.807) is 17.7 Å². The molecule has 4 N–H and O–H groups in total. The standard InChI is InChI=1S/C37H56BN7O6/c1-9-24(3)37(7)33(45(35(49)51-37)18-11-10-17-44-22-30(42-43-44)27-13-12-14-28(40)19-27)26(5)41-21-23(2)20-36(6,50-8)32(38)25(4)31(46)29(15-16-39)34(47)48/h12-14,19,22-26,29,32-33,41H,9-11,15,17-18,20-21,40H2,1-8H3,(H,47,48)/t23-,24-,25+,26-,29-,32-,33-,36-,37-/m1/s1. The normalized spacial score (nSPS) is 22.2. The van der Waals surface area contributed by atoms with Crippen LogP contribution >= 0.6 is 0 Å². The molecule has 0 saturated carbocycles. The van der Waals surface area contributed by atoms with Crippen molar-refractivity contribution in [2.24, 2.45) is 23.7 Å². The molecular weight excluding hydrogens is 649 g/mol. The van der Waals surface area contributed by atoms with Gasteiger partial charge in [-0.1, -0.05) is 45.0 Å². The number of rotatable bonds is 21. The predicted molar refractivity (Wildman–Crippen MR) is 196 cm³/mol. The van der Waals surface area contributed by atoms with Crippen LogP contribution in [-0.4, -0.2) is 94.2 Å². The summed E-state index contributed by atoms with van der Waals surface area (Å²) in [5, 5.41) is 30.8. The largest absolute Gasteiger partial charge is 0.481 e. The highest BCUT2D eigenvalue weighted by molar-refractivity contribution is 6.15. The number of carbonyl (C=O) groups is 3. The fourth-order valence-electron chi connectivity index (χ4n) is 7.36. The van der Waals surface area contributed by atoms with Crippen molar-refractivity contribution in [3.8, 4) is 17.3 Å². The van der Waals surface area contributed by atoms with Gasteiger partial charge in [-0.05, 0) is 82.8 Å². The summed E-state index contributed by atoms with van der Waals surface area (Å²) in [6.07, 6.45) is 4.02. The minimum atomic E-state index is -1.44. The number of methoxy groups -OCH3 is 1. The first-order valence-corrected chi connectivity index (χ1v) is 18.0. The molecule has 0 unspecified atom stereocenters. The van der Waals surface area contributed by atoms with Crippen molar-refractivity contribution in [1.82, 2.24) is 25.2 Å². The predicted octanol–water partition coefficient (Wildman–Crippen LogP) is 5.12. The van der Waals surface area contributed by atoms with Crippen LogP contribution in [0.15, 0.2) is 30.5 Å². The summed E-state index contributed by atoms with van der Waals surface area (Å²) >= 11 is 0. The van der Waals surface area contributed by atoms with Crippen molar-refractivity contribution in [3.05, 3.63) is 30.5 Å². The third-order valence-electron chi connectivity index (χ3n) is 10.9. The monoisotopic (exact) mass is 705 g/mol. The number of anilines is 1. The van der Waals surface area contributed by atoms with E-state index in [1.807, 2.05) is 49.2 Å². The Kier molecular flexibility index (Phi) is 14.6. The van der Waals surface area contributed by atoms with Crippen LogP contribution in [0.2, 0.25) is 5.82 Å². The number of Topliss-reactive ketones (excluding diaryl/α,β-unsaturated/α-hetero) is 1. The van der Waals surface area contributed by atoms with Gasteiger partial charge < -0.3 is 25.6 Å². The van der Waals surface area contributed by atoms with E-state index in [0.717, 1.165) is 30.5 Å². The maximum absolute atomic E-state index is 13.4. The molecule has 13 nitrogen and oxygen atoms in total. The second kappa shape index (κ2) is 18.0. The SMILES string of the molecule is [B][C@H]([C@@H](C)C(=O)[C@@H](CC#N)C(=O)O)[C@@](C)(C[C@@H](C)CN[C@H](C)[C@H]1N(CCCCn2cc(-c3cccc(N)c3)nn2)C(=O)O[C@]1(C)[C@H](C)CC)OC. The number of aryl methyl sites for hydroxylation is 1. The number of carboxylic acid groups (broad SMARTS) is 1. The molecule has 14 heteroatoms. The number of nitrogen functional groups attached to an aromatic ring is 1. The average molecular weight is 706 g/mol. The number of cyclic esters (lactones) is 1. The van der Waals surface area contributed by atoms with Crippen LogP contribution in [-0.2, 0) is 25.6 Å². The molecule has 2 aromatic rings. The van der Waals surface area contributed by atoms with Gasteiger partial charge >= 0.3 is 12.1 Å². The highest BCUT2D eigenvalue weighted by Crippen LogP contribution is 2.40. The molecule has 2 heterocycles. The maximum Gasteiger partial charge on any atom is 0.410 e. The van der Waals surface area contributed by atoms with Gasteiger partial charge in [0.1, 0.15) is 17.2 Å². The van der Waals surface area contributed by atoms with Crippen LogP contribution in [0.5, 0.6) is 0 Å². The van der Waals surface area contributed by atoms with Gasteiger partial charge in [0, 0.05) is 43.4 Å². The first-order chi connectivity index (χ1) is 24.0. The number of hydrogen-bond acceptors (Lipinski definition) is 10. The lowest BCUT2D eigenvalue weighted by Gasteiger charge is -2.41. The molecule has 1 saturated heterocycles. The number of nitriles is 1. The molecule has 0 bridgehead atoms. The van der Waals surface area contributed by atoms with E-state index in [-0.39, 0.29) is 30.0 Å². The number of nitrogens with one attached hydrogen (secondary N) is 1. The first-order valence-electron chi connectivity index (χ1n) is 18.0. The average Bonchev–Trinajstić information content (AvgIpc) is 3.68. The highest BCUT2D eigenvalue weighted by Gasteiger charge is 2.55. The number of carbonyl (C=O) groups excluding carboxylic acids is 2. The lowest BCUT2D eigenvalue weighted by molar-refractivity contribution is -0.148. The van der Waals surface area contributed by atoms with Crippen LogP contribution < -0.4 is 11.1 Å². The molecule has 0 aliphatic carbocycles. The van der Waals surface area contributed by atoms with Crippen LogP contribution in [0.4, 0.5) is 10.5 Å². The minimum absolute atomic E-state index is 0.0290. The summed E-state index contributed by atoms with van der Waals surface area (Å²) in [4.78, 5) is 39.9. The van der Waals surface area contributed by atoms with Crippen molar-refractivity contribution >= 4 is 31.4 Å². The second-order valence-corrected chi connectivity index (χ2v) is 14.7. The molecule has 278 valence electrons. The summed E-state index contributed by atoms with van der Waals surface area (Å²) in [7, 11) is 8.10. The zero-order chi connectivity index (χ0) is 38.1. The molecule has 0 spiro atoms. The van der Waals surface area contributed by atoms with E-state index in [4.69, 9.17) is 28.3 Å². The van der Waals surface area contributed by atoms with E-state index in [2.05, 4.69) is 43.3 Å². The number of nitrogens with two attached hydrogens (primary N) is 1. The van der Waals surface area contributed by atoms with Gasteiger partial charge in [-0.3, -0.25) is 19.2 Å². The number of hydrogen-bond donors (Lipinski definition) is 3. The zero-order valence-corrected chi connectivity index (χ0v) is 31.5. The number of nitrogens with zero attached hydrogens (tertiary/aromatic N) is 5. The molecule has 1 amide bonds. The Morgan fingerprint density at radius 1 is 1.25 bits per heavy atom. The number of ether oxygens (including phenoxy) is 2. The summed E-state index contributed by atoms with van der Waals surface area (Å²) in [6.45, 7) is 15.5. The van der Waals surface area contributed by atoms with E-state index < -0.39 is 47.0 Å². The number of benzene rings is 1. The van der Waals surface area contributed by atoms with E-state index >= 15 is 0 Å². The third kappa shape index (κ3) is 9.89.